The second-order valence-electron chi connectivity index (χ2n) is 5.30. The lowest BCUT2D eigenvalue weighted by Gasteiger charge is -2.12. The van der Waals surface area contributed by atoms with Crippen LogP contribution in [0.15, 0.2) is 41.3 Å². The minimum Gasteiger partial charge on any atom is -0.478 e. The largest absolute Gasteiger partial charge is 0.478 e. The molecule has 0 atom stereocenters. The number of terminal acetylenes is 1. The molecule has 2 aromatic rings. The van der Waals surface area contributed by atoms with Crippen LogP contribution in [0.25, 0.3) is 6.08 Å². The molecule has 2 amide bonds. The lowest BCUT2D eigenvalue weighted by atomic mass is 10.2. The summed E-state index contributed by atoms with van der Waals surface area (Å²) in [7, 11) is 0. The van der Waals surface area contributed by atoms with Crippen molar-refractivity contribution in [1.29, 1.82) is 0 Å². The SMILES string of the molecule is C#CCOc1c(Cl)cc(/C=C2\SC(=O)N(c3cccc(Cl)c3)C2=O)cc1Cl. The summed E-state index contributed by atoms with van der Waals surface area (Å²) < 4.78 is 5.30. The van der Waals surface area contributed by atoms with Crippen LogP contribution in [-0.4, -0.2) is 17.8 Å². The molecule has 0 aliphatic carbocycles. The van der Waals surface area contributed by atoms with E-state index in [-0.39, 0.29) is 27.3 Å². The molecular weight excluding hydrogens is 429 g/mol. The minimum atomic E-state index is -0.452. The van der Waals surface area contributed by atoms with Crippen molar-refractivity contribution in [3.8, 4) is 18.1 Å². The quantitative estimate of drug-likeness (QED) is 0.440. The average Bonchev–Trinajstić information content (AvgIpc) is 2.88. The number of benzene rings is 2. The zero-order chi connectivity index (χ0) is 19.6. The van der Waals surface area contributed by atoms with Gasteiger partial charge >= 0.3 is 0 Å². The molecule has 2 aromatic carbocycles. The van der Waals surface area contributed by atoms with Gasteiger partial charge in [0.2, 0.25) is 0 Å². The second kappa shape index (κ2) is 8.28. The van der Waals surface area contributed by atoms with Crippen molar-refractivity contribution in [3.63, 3.8) is 0 Å². The predicted molar refractivity (Wildman–Crippen MR) is 111 cm³/mol. The molecule has 1 fully saturated rings. The van der Waals surface area contributed by atoms with Gasteiger partial charge in [-0.2, -0.15) is 0 Å². The van der Waals surface area contributed by atoms with E-state index in [0.29, 0.717) is 16.3 Å². The third-order valence-electron chi connectivity index (χ3n) is 3.48. The summed E-state index contributed by atoms with van der Waals surface area (Å²) in [5.41, 5.74) is 0.956. The van der Waals surface area contributed by atoms with Crippen molar-refractivity contribution < 1.29 is 14.3 Å². The summed E-state index contributed by atoms with van der Waals surface area (Å²) >= 11 is 19.1. The van der Waals surface area contributed by atoms with Crippen LogP contribution in [0, 0.1) is 12.3 Å². The molecule has 0 radical (unpaired) electrons. The van der Waals surface area contributed by atoms with Gasteiger partial charge in [-0.15, -0.1) is 6.42 Å². The highest BCUT2D eigenvalue weighted by Crippen LogP contribution is 2.39. The Morgan fingerprint density at radius 1 is 1.15 bits per heavy atom. The zero-order valence-electron chi connectivity index (χ0n) is 13.5. The van der Waals surface area contributed by atoms with Crippen molar-refractivity contribution in [1.82, 2.24) is 0 Å². The Morgan fingerprint density at radius 2 is 1.85 bits per heavy atom. The van der Waals surface area contributed by atoms with Gasteiger partial charge in [0.1, 0.15) is 6.61 Å². The maximum Gasteiger partial charge on any atom is 0.298 e. The Morgan fingerprint density at radius 3 is 2.48 bits per heavy atom. The Labute approximate surface area is 175 Å². The molecule has 0 bridgehead atoms. The van der Waals surface area contributed by atoms with Crippen LogP contribution >= 0.6 is 46.6 Å². The molecule has 1 aliphatic rings. The number of carbonyl (C=O) groups is 2. The number of thioether (sulfide) groups is 1. The first-order valence-electron chi connectivity index (χ1n) is 7.49. The zero-order valence-corrected chi connectivity index (χ0v) is 16.6. The van der Waals surface area contributed by atoms with Gasteiger partial charge in [-0.05, 0) is 53.7 Å². The average molecular weight is 439 g/mol. The summed E-state index contributed by atoms with van der Waals surface area (Å²) in [5, 5.41) is 0.507. The molecule has 0 saturated carbocycles. The van der Waals surface area contributed by atoms with Crippen molar-refractivity contribution >= 4 is 69.5 Å². The molecule has 27 heavy (non-hydrogen) atoms. The number of hydrogen-bond donors (Lipinski definition) is 0. The van der Waals surface area contributed by atoms with E-state index in [1.807, 2.05) is 0 Å². The summed E-state index contributed by atoms with van der Waals surface area (Å²) in [6.45, 7) is 0.0251. The highest BCUT2D eigenvalue weighted by Gasteiger charge is 2.36. The summed E-state index contributed by atoms with van der Waals surface area (Å²) in [4.78, 5) is 26.3. The predicted octanol–water partition coefficient (Wildman–Crippen LogP) is 5.90. The van der Waals surface area contributed by atoms with Crippen LogP contribution in [0.1, 0.15) is 5.56 Å². The molecule has 8 heteroatoms. The highest BCUT2D eigenvalue weighted by molar-refractivity contribution is 8.19. The number of imide groups is 1. The fraction of sp³-hybridized carbons (Fsp3) is 0.0526. The van der Waals surface area contributed by atoms with E-state index in [2.05, 4.69) is 5.92 Å². The van der Waals surface area contributed by atoms with Crippen molar-refractivity contribution in [2.45, 2.75) is 0 Å². The molecule has 1 aliphatic heterocycles. The first-order chi connectivity index (χ1) is 12.9. The van der Waals surface area contributed by atoms with Gasteiger partial charge in [-0.1, -0.05) is 46.8 Å². The molecule has 3 rings (SSSR count). The van der Waals surface area contributed by atoms with E-state index in [1.165, 1.54) is 6.08 Å². The molecule has 0 N–H and O–H groups in total. The van der Waals surface area contributed by atoms with E-state index in [4.69, 9.17) is 46.0 Å². The Kier molecular flexibility index (Phi) is 6.03. The van der Waals surface area contributed by atoms with Gasteiger partial charge in [0.15, 0.2) is 5.75 Å². The standard InChI is InChI=1S/C19H10Cl3NO3S/c1-2-6-26-17-14(21)7-11(8-15(17)22)9-16-18(24)23(19(25)27-16)13-5-3-4-12(20)10-13/h1,3-5,7-10H,6H2/b16-9-. The van der Waals surface area contributed by atoms with E-state index in [0.717, 1.165) is 16.7 Å². The molecule has 0 spiro atoms. The summed E-state index contributed by atoms with van der Waals surface area (Å²) in [6, 6.07) is 9.66. The number of rotatable bonds is 4. The number of carbonyl (C=O) groups excluding carboxylic acids is 2. The lowest BCUT2D eigenvalue weighted by molar-refractivity contribution is -0.113. The number of halogens is 3. The monoisotopic (exact) mass is 437 g/mol. The number of hydrogen-bond acceptors (Lipinski definition) is 4. The smallest absolute Gasteiger partial charge is 0.298 e. The topological polar surface area (TPSA) is 46.6 Å². The van der Waals surface area contributed by atoms with Crippen LogP contribution < -0.4 is 9.64 Å². The molecule has 4 nitrogen and oxygen atoms in total. The number of nitrogens with zero attached hydrogens (tertiary/aromatic N) is 1. The van der Waals surface area contributed by atoms with Crippen LogP contribution in [0.2, 0.25) is 15.1 Å². The normalized spacial score (nSPS) is 15.3. The van der Waals surface area contributed by atoms with Gasteiger partial charge in [0.05, 0.1) is 20.6 Å². The van der Waals surface area contributed by atoms with Crippen LogP contribution in [-0.2, 0) is 4.79 Å². The second-order valence-corrected chi connectivity index (χ2v) is 7.55. The van der Waals surface area contributed by atoms with E-state index >= 15 is 0 Å². The van der Waals surface area contributed by atoms with Crippen LogP contribution in [0.3, 0.4) is 0 Å². The van der Waals surface area contributed by atoms with Gasteiger partial charge in [0, 0.05) is 5.02 Å². The van der Waals surface area contributed by atoms with E-state index in [9.17, 15) is 9.59 Å². The van der Waals surface area contributed by atoms with Crippen molar-refractivity contribution in [2.75, 3.05) is 11.5 Å². The van der Waals surface area contributed by atoms with E-state index in [1.54, 1.807) is 36.4 Å². The third-order valence-corrected chi connectivity index (χ3v) is 5.14. The molecule has 136 valence electrons. The van der Waals surface area contributed by atoms with Crippen molar-refractivity contribution in [3.05, 3.63) is 61.9 Å². The molecule has 0 unspecified atom stereocenters. The fourth-order valence-electron chi connectivity index (χ4n) is 2.37. The first kappa shape index (κ1) is 19.7. The third kappa shape index (κ3) is 4.26. The van der Waals surface area contributed by atoms with Crippen LogP contribution in [0.4, 0.5) is 10.5 Å². The highest BCUT2D eigenvalue weighted by atomic mass is 35.5. The van der Waals surface area contributed by atoms with Gasteiger partial charge < -0.3 is 4.74 Å². The molecular formula is C19H10Cl3NO3S. The van der Waals surface area contributed by atoms with Crippen LogP contribution in [0.5, 0.6) is 5.75 Å². The molecule has 1 heterocycles. The summed E-state index contributed by atoms with van der Waals surface area (Å²) in [6.07, 6.45) is 6.70. The Bertz CT molecular complexity index is 990. The molecule has 1 saturated heterocycles. The fourth-order valence-corrected chi connectivity index (χ4v) is 4.01. The summed E-state index contributed by atoms with van der Waals surface area (Å²) in [5.74, 6) is 2.14. The number of anilines is 1. The molecule has 0 aromatic heterocycles. The maximum atomic E-state index is 12.7. The van der Waals surface area contributed by atoms with E-state index < -0.39 is 11.1 Å². The number of ether oxygens (including phenoxy) is 1. The Balaban J connectivity index is 1.91. The minimum absolute atomic E-state index is 0.0251. The van der Waals surface area contributed by atoms with Gasteiger partial charge in [-0.3, -0.25) is 9.59 Å². The van der Waals surface area contributed by atoms with Crippen molar-refractivity contribution in [2.24, 2.45) is 0 Å². The maximum absolute atomic E-state index is 12.7. The van der Waals surface area contributed by atoms with Gasteiger partial charge in [0.25, 0.3) is 11.1 Å². The Hall–Kier alpha value is -2.10. The van der Waals surface area contributed by atoms with Gasteiger partial charge in [-0.25, -0.2) is 4.90 Å². The number of amides is 2. The lowest BCUT2D eigenvalue weighted by Crippen LogP contribution is -2.27. The first-order valence-corrected chi connectivity index (χ1v) is 9.44.